The summed E-state index contributed by atoms with van der Waals surface area (Å²) in [7, 11) is 0. The fourth-order valence-corrected chi connectivity index (χ4v) is 2.68. The Morgan fingerprint density at radius 1 is 1.26 bits per heavy atom. The van der Waals surface area contributed by atoms with Crippen LogP contribution in [0.4, 0.5) is 18.9 Å². The fourth-order valence-electron chi connectivity index (χ4n) is 2.32. The maximum absolute atomic E-state index is 12.6. The summed E-state index contributed by atoms with van der Waals surface area (Å²) in [5.74, 6) is -1.22. The van der Waals surface area contributed by atoms with E-state index >= 15 is 0 Å². The monoisotopic (exact) mass is 332 g/mol. The van der Waals surface area contributed by atoms with Crippen molar-refractivity contribution in [2.45, 2.75) is 19.0 Å². The molecule has 1 aliphatic rings. The molecule has 6 heteroatoms. The molecule has 0 aliphatic carbocycles. The van der Waals surface area contributed by atoms with Crippen molar-refractivity contribution in [1.29, 1.82) is 5.26 Å². The largest absolute Gasteiger partial charge is 0.391 e. The van der Waals surface area contributed by atoms with E-state index in [1.807, 2.05) is 4.90 Å². The van der Waals surface area contributed by atoms with Crippen LogP contribution in [0.2, 0.25) is 0 Å². The van der Waals surface area contributed by atoms with Gasteiger partial charge in [0.15, 0.2) is 0 Å². The summed E-state index contributed by atoms with van der Waals surface area (Å²) in [5, 5.41) is 9.08. The molecular weight excluding hydrogens is 321 g/mol. The summed E-state index contributed by atoms with van der Waals surface area (Å²) >= 11 is 3.28. The predicted octanol–water partition coefficient (Wildman–Crippen LogP) is 4.10. The summed E-state index contributed by atoms with van der Waals surface area (Å²) in [5.41, 5.74) is 1.20. The van der Waals surface area contributed by atoms with Crippen molar-refractivity contribution < 1.29 is 13.2 Å². The summed E-state index contributed by atoms with van der Waals surface area (Å²) in [6, 6.07) is 7.34. The Labute approximate surface area is 117 Å². The van der Waals surface area contributed by atoms with Crippen LogP contribution in [-0.2, 0) is 0 Å². The SMILES string of the molecule is N#Cc1cc(Br)ccc1N1CCC(C(F)(F)F)CC1. The molecule has 1 fully saturated rings. The van der Waals surface area contributed by atoms with Crippen molar-refractivity contribution >= 4 is 21.6 Å². The lowest BCUT2D eigenvalue weighted by Crippen LogP contribution is -2.39. The molecule has 1 saturated heterocycles. The normalized spacial score (nSPS) is 17.3. The Balaban J connectivity index is 2.12. The van der Waals surface area contributed by atoms with E-state index in [2.05, 4.69) is 22.0 Å². The minimum Gasteiger partial charge on any atom is -0.370 e. The van der Waals surface area contributed by atoms with E-state index in [1.165, 1.54) is 0 Å². The Morgan fingerprint density at radius 3 is 2.42 bits per heavy atom. The quantitative estimate of drug-likeness (QED) is 0.774. The second-order valence-electron chi connectivity index (χ2n) is 4.58. The highest BCUT2D eigenvalue weighted by Crippen LogP contribution is 2.36. The van der Waals surface area contributed by atoms with E-state index in [-0.39, 0.29) is 12.8 Å². The second kappa shape index (κ2) is 5.41. The molecular formula is C13H12BrF3N2. The smallest absolute Gasteiger partial charge is 0.370 e. The molecule has 0 bridgehead atoms. The van der Waals surface area contributed by atoms with Gasteiger partial charge in [-0.3, -0.25) is 0 Å². The van der Waals surface area contributed by atoms with Crippen molar-refractivity contribution in [3.8, 4) is 6.07 Å². The Morgan fingerprint density at radius 2 is 1.89 bits per heavy atom. The maximum Gasteiger partial charge on any atom is 0.391 e. The number of nitriles is 1. The Hall–Kier alpha value is -1.22. The molecule has 0 unspecified atom stereocenters. The number of nitrogens with zero attached hydrogens (tertiary/aromatic N) is 2. The molecule has 1 aromatic carbocycles. The maximum atomic E-state index is 12.6. The standard InChI is InChI=1S/C13H12BrF3N2/c14-11-1-2-12(9(7-11)8-18)19-5-3-10(4-6-19)13(15,16)17/h1-2,7,10H,3-6H2. The van der Waals surface area contributed by atoms with Gasteiger partial charge in [0.2, 0.25) is 0 Å². The van der Waals surface area contributed by atoms with Crippen molar-refractivity contribution in [3.63, 3.8) is 0 Å². The first-order chi connectivity index (χ1) is 8.91. The van der Waals surface area contributed by atoms with E-state index in [1.54, 1.807) is 18.2 Å². The number of piperidine rings is 1. The molecule has 19 heavy (non-hydrogen) atoms. The molecule has 2 rings (SSSR count). The summed E-state index contributed by atoms with van der Waals surface area (Å²) < 4.78 is 38.6. The van der Waals surface area contributed by atoms with E-state index in [9.17, 15) is 13.2 Å². The number of anilines is 1. The minimum atomic E-state index is -4.11. The highest BCUT2D eigenvalue weighted by molar-refractivity contribution is 9.10. The average Bonchev–Trinajstić information content (AvgIpc) is 2.37. The zero-order chi connectivity index (χ0) is 14.0. The molecule has 102 valence electrons. The summed E-state index contributed by atoms with van der Waals surface area (Å²) in [6.07, 6.45) is -3.93. The number of rotatable bonds is 1. The minimum absolute atomic E-state index is 0.0877. The Kier molecular flexibility index (Phi) is 4.04. The predicted molar refractivity (Wildman–Crippen MR) is 69.8 cm³/mol. The van der Waals surface area contributed by atoms with Gasteiger partial charge in [0.25, 0.3) is 0 Å². The second-order valence-corrected chi connectivity index (χ2v) is 5.49. The van der Waals surface area contributed by atoms with Gasteiger partial charge in [-0.2, -0.15) is 18.4 Å². The van der Waals surface area contributed by atoms with Crippen LogP contribution in [0.15, 0.2) is 22.7 Å². The first-order valence-corrected chi connectivity index (χ1v) is 6.72. The molecule has 0 saturated carbocycles. The lowest BCUT2D eigenvalue weighted by molar-refractivity contribution is -0.179. The third-order valence-corrected chi connectivity index (χ3v) is 3.87. The number of hydrogen-bond donors (Lipinski definition) is 0. The number of halogens is 4. The van der Waals surface area contributed by atoms with Gasteiger partial charge in [0.05, 0.1) is 17.2 Å². The van der Waals surface area contributed by atoms with Crippen molar-refractivity contribution in [2.75, 3.05) is 18.0 Å². The van der Waals surface area contributed by atoms with Gasteiger partial charge in [-0.1, -0.05) is 15.9 Å². The zero-order valence-electron chi connectivity index (χ0n) is 10.0. The van der Waals surface area contributed by atoms with Crippen molar-refractivity contribution in [1.82, 2.24) is 0 Å². The lowest BCUT2D eigenvalue weighted by atomic mass is 9.95. The molecule has 0 N–H and O–H groups in total. The molecule has 0 radical (unpaired) electrons. The average molecular weight is 333 g/mol. The molecule has 2 nitrogen and oxygen atoms in total. The van der Waals surface area contributed by atoms with Crippen LogP contribution in [0.25, 0.3) is 0 Å². The van der Waals surface area contributed by atoms with E-state index in [4.69, 9.17) is 5.26 Å². The molecule has 0 aromatic heterocycles. The summed E-state index contributed by atoms with van der Waals surface area (Å²) in [6.45, 7) is 0.668. The van der Waals surface area contributed by atoms with Gasteiger partial charge in [-0.05, 0) is 31.0 Å². The number of hydrogen-bond acceptors (Lipinski definition) is 2. The van der Waals surface area contributed by atoms with Gasteiger partial charge in [0.1, 0.15) is 6.07 Å². The van der Waals surface area contributed by atoms with E-state index in [0.717, 1.165) is 4.47 Å². The Bertz CT molecular complexity index is 500. The molecule has 1 aliphatic heterocycles. The van der Waals surface area contributed by atoms with E-state index in [0.29, 0.717) is 24.3 Å². The van der Waals surface area contributed by atoms with Crippen LogP contribution >= 0.6 is 15.9 Å². The molecule has 0 spiro atoms. The van der Waals surface area contributed by atoms with Gasteiger partial charge in [0, 0.05) is 17.6 Å². The highest BCUT2D eigenvalue weighted by atomic mass is 79.9. The molecule has 0 atom stereocenters. The highest BCUT2D eigenvalue weighted by Gasteiger charge is 2.41. The van der Waals surface area contributed by atoms with Crippen LogP contribution < -0.4 is 4.90 Å². The number of alkyl halides is 3. The number of benzene rings is 1. The van der Waals surface area contributed by atoms with Crippen molar-refractivity contribution in [3.05, 3.63) is 28.2 Å². The van der Waals surface area contributed by atoms with Gasteiger partial charge in [-0.15, -0.1) is 0 Å². The lowest BCUT2D eigenvalue weighted by Gasteiger charge is -2.34. The van der Waals surface area contributed by atoms with Crippen LogP contribution in [0.1, 0.15) is 18.4 Å². The molecule has 0 amide bonds. The third-order valence-electron chi connectivity index (χ3n) is 3.38. The van der Waals surface area contributed by atoms with Crippen LogP contribution in [-0.4, -0.2) is 19.3 Å². The van der Waals surface area contributed by atoms with Crippen LogP contribution in [0.5, 0.6) is 0 Å². The van der Waals surface area contributed by atoms with Crippen LogP contribution in [0, 0.1) is 17.2 Å². The van der Waals surface area contributed by atoms with Gasteiger partial charge < -0.3 is 4.90 Å². The van der Waals surface area contributed by atoms with Gasteiger partial charge >= 0.3 is 6.18 Å². The van der Waals surface area contributed by atoms with Crippen molar-refractivity contribution in [2.24, 2.45) is 5.92 Å². The fraction of sp³-hybridized carbons (Fsp3) is 0.462. The first-order valence-electron chi connectivity index (χ1n) is 5.93. The zero-order valence-corrected chi connectivity index (χ0v) is 11.6. The first kappa shape index (κ1) is 14.2. The molecule has 1 heterocycles. The molecule has 1 aromatic rings. The van der Waals surface area contributed by atoms with E-state index < -0.39 is 12.1 Å². The third kappa shape index (κ3) is 3.21. The van der Waals surface area contributed by atoms with Gasteiger partial charge in [-0.25, -0.2) is 0 Å². The summed E-state index contributed by atoms with van der Waals surface area (Å²) in [4.78, 5) is 1.85. The van der Waals surface area contributed by atoms with Crippen LogP contribution in [0.3, 0.4) is 0 Å². The topological polar surface area (TPSA) is 27.0 Å².